The molecule has 0 unspecified atom stereocenters. The van der Waals surface area contributed by atoms with Crippen LogP contribution in [-0.4, -0.2) is 47.4 Å². The smallest absolute Gasteiger partial charge is 0.413 e. The van der Waals surface area contributed by atoms with Crippen LogP contribution in [0.1, 0.15) is 30.3 Å². The zero-order valence-corrected chi connectivity index (χ0v) is 15.0. The molecule has 0 aliphatic heterocycles. The first-order valence-electron chi connectivity index (χ1n) is 7.37. The monoisotopic (exact) mass is 355 g/mol. The molecule has 0 bridgehead atoms. The highest BCUT2D eigenvalue weighted by molar-refractivity contribution is 7.98. The van der Waals surface area contributed by atoms with Crippen molar-refractivity contribution in [3.8, 4) is 0 Å². The molecule has 24 heavy (non-hydrogen) atoms. The second-order valence-corrected chi connectivity index (χ2v) is 5.56. The van der Waals surface area contributed by atoms with Crippen molar-refractivity contribution in [2.24, 2.45) is 0 Å². The number of imide groups is 1. The minimum Gasteiger partial charge on any atom is -0.456 e. The largest absolute Gasteiger partial charge is 0.456 e. The van der Waals surface area contributed by atoms with Gasteiger partial charge in [-0.2, -0.15) is 0 Å². The summed E-state index contributed by atoms with van der Waals surface area (Å²) >= 11 is 1.45. The number of nitrogens with one attached hydrogen (secondary N) is 1. The van der Waals surface area contributed by atoms with Crippen molar-refractivity contribution in [2.75, 3.05) is 19.5 Å². The Bertz CT molecular complexity index is 598. The number of ether oxygens (including phenoxy) is 2. The summed E-state index contributed by atoms with van der Waals surface area (Å²) in [5, 5.41) is 2.63. The van der Waals surface area contributed by atoms with E-state index in [1.165, 1.54) is 11.8 Å². The highest BCUT2D eigenvalue weighted by Gasteiger charge is 2.14. The molecule has 0 radical (unpaired) electrons. The summed E-state index contributed by atoms with van der Waals surface area (Å²) in [6.07, 6.45) is 1.55. The molecular formula is C15H21N3O5S. The summed E-state index contributed by atoms with van der Waals surface area (Å²) in [7, 11) is 0. The Morgan fingerprint density at radius 3 is 2.29 bits per heavy atom. The number of esters is 1. The zero-order valence-electron chi connectivity index (χ0n) is 14.2. The van der Waals surface area contributed by atoms with Crippen LogP contribution in [0.3, 0.4) is 0 Å². The van der Waals surface area contributed by atoms with Gasteiger partial charge in [-0.1, -0.05) is 11.8 Å². The normalized spacial score (nSPS) is 10.2. The third-order valence-electron chi connectivity index (χ3n) is 3.04. The van der Waals surface area contributed by atoms with Crippen LogP contribution < -0.4 is 5.32 Å². The molecule has 1 N–H and O–H groups in total. The molecule has 8 nitrogen and oxygen atoms in total. The number of amides is 2. The maximum absolute atomic E-state index is 11.7. The second-order valence-electron chi connectivity index (χ2n) is 4.79. The molecule has 0 saturated carbocycles. The minimum atomic E-state index is -0.865. The van der Waals surface area contributed by atoms with Crippen LogP contribution in [0.15, 0.2) is 5.16 Å². The molecule has 1 rings (SSSR count). The van der Waals surface area contributed by atoms with Crippen LogP contribution >= 0.6 is 11.8 Å². The Morgan fingerprint density at radius 1 is 1.12 bits per heavy atom. The van der Waals surface area contributed by atoms with E-state index in [0.717, 1.165) is 17.0 Å². The number of nitrogens with zero attached hydrogens (tertiary/aromatic N) is 2. The number of carbonyl (C=O) groups excluding carboxylic acids is 3. The fourth-order valence-electron chi connectivity index (χ4n) is 1.92. The number of hydrogen-bond donors (Lipinski definition) is 1. The van der Waals surface area contributed by atoms with Gasteiger partial charge in [-0.05, 0) is 39.0 Å². The number of alkyl carbamates (subject to hydrolysis) is 1. The molecule has 132 valence electrons. The first kappa shape index (κ1) is 19.9. The van der Waals surface area contributed by atoms with Crippen molar-refractivity contribution in [2.45, 2.75) is 38.8 Å². The van der Waals surface area contributed by atoms with Crippen molar-refractivity contribution in [3.63, 3.8) is 0 Å². The van der Waals surface area contributed by atoms with E-state index >= 15 is 0 Å². The van der Waals surface area contributed by atoms with E-state index in [1.807, 2.05) is 25.4 Å². The van der Waals surface area contributed by atoms with E-state index in [2.05, 4.69) is 14.7 Å². The Kier molecular flexibility index (Phi) is 8.17. The zero-order chi connectivity index (χ0) is 18.1. The summed E-state index contributed by atoms with van der Waals surface area (Å²) in [5.41, 5.74) is 2.53. The maximum atomic E-state index is 11.7. The molecule has 0 aliphatic rings. The first-order chi connectivity index (χ1) is 11.4. The van der Waals surface area contributed by atoms with Gasteiger partial charge < -0.3 is 9.47 Å². The molecule has 1 aromatic rings. The van der Waals surface area contributed by atoms with Crippen LogP contribution in [0.2, 0.25) is 0 Å². The van der Waals surface area contributed by atoms with Gasteiger partial charge in [0.2, 0.25) is 0 Å². The molecule has 1 aromatic heterocycles. The molecule has 9 heteroatoms. The van der Waals surface area contributed by atoms with Gasteiger partial charge in [0.1, 0.15) is 0 Å². The lowest BCUT2D eigenvalue weighted by atomic mass is 10.1. The van der Waals surface area contributed by atoms with Crippen molar-refractivity contribution >= 4 is 29.7 Å². The fourth-order valence-corrected chi connectivity index (χ4v) is 2.38. The van der Waals surface area contributed by atoms with E-state index in [4.69, 9.17) is 4.74 Å². The van der Waals surface area contributed by atoms with E-state index in [9.17, 15) is 14.4 Å². The van der Waals surface area contributed by atoms with Crippen LogP contribution in [0, 0.1) is 13.8 Å². The quantitative estimate of drug-likeness (QED) is 0.446. The third kappa shape index (κ3) is 6.53. The summed E-state index contributed by atoms with van der Waals surface area (Å²) < 4.78 is 9.37. The van der Waals surface area contributed by atoms with Crippen molar-refractivity contribution in [3.05, 3.63) is 17.0 Å². The highest BCUT2D eigenvalue weighted by atomic mass is 32.2. The molecule has 0 atom stereocenters. The molecule has 0 saturated heterocycles. The molecular weight excluding hydrogens is 334 g/mol. The Balaban J connectivity index is 2.44. The average Bonchev–Trinajstić information content (AvgIpc) is 2.52. The van der Waals surface area contributed by atoms with Crippen LogP contribution in [-0.2, 0) is 25.5 Å². The van der Waals surface area contributed by atoms with Crippen LogP contribution in [0.25, 0.3) is 0 Å². The Labute approximate surface area is 144 Å². The average molecular weight is 355 g/mol. The van der Waals surface area contributed by atoms with Gasteiger partial charge in [0.25, 0.3) is 5.91 Å². The van der Waals surface area contributed by atoms with Crippen LogP contribution in [0.4, 0.5) is 4.79 Å². The molecule has 0 fully saturated rings. The lowest BCUT2D eigenvalue weighted by molar-refractivity contribution is -0.148. The number of carbonyl (C=O) groups is 3. The van der Waals surface area contributed by atoms with Gasteiger partial charge in [0.05, 0.1) is 6.61 Å². The first-order valence-corrected chi connectivity index (χ1v) is 8.60. The fraction of sp³-hybridized carbons (Fsp3) is 0.533. The summed E-state index contributed by atoms with van der Waals surface area (Å²) in [5.74, 6) is -1.27. The molecule has 0 aliphatic carbocycles. The SMILES string of the molecule is CCOC(=O)NC(=O)COC(=O)CCc1c(C)nc(SC)nc1C. The van der Waals surface area contributed by atoms with E-state index < -0.39 is 24.6 Å². The van der Waals surface area contributed by atoms with Crippen molar-refractivity contribution in [1.82, 2.24) is 15.3 Å². The predicted octanol–water partition coefficient (Wildman–Crippen LogP) is 1.56. The van der Waals surface area contributed by atoms with Gasteiger partial charge in [-0.15, -0.1) is 0 Å². The number of hydrogen-bond acceptors (Lipinski definition) is 8. The van der Waals surface area contributed by atoms with Gasteiger partial charge in [-0.3, -0.25) is 14.9 Å². The Hall–Kier alpha value is -2.16. The summed E-state index contributed by atoms with van der Waals surface area (Å²) in [4.78, 5) is 42.8. The van der Waals surface area contributed by atoms with E-state index in [-0.39, 0.29) is 13.0 Å². The van der Waals surface area contributed by atoms with Gasteiger partial charge in [0, 0.05) is 17.8 Å². The summed E-state index contributed by atoms with van der Waals surface area (Å²) in [6.45, 7) is 4.96. The van der Waals surface area contributed by atoms with E-state index in [1.54, 1.807) is 6.92 Å². The second kappa shape index (κ2) is 9.86. The number of aromatic nitrogens is 2. The predicted molar refractivity (Wildman–Crippen MR) is 87.7 cm³/mol. The van der Waals surface area contributed by atoms with E-state index in [0.29, 0.717) is 11.6 Å². The molecule has 1 heterocycles. The third-order valence-corrected chi connectivity index (χ3v) is 3.59. The Morgan fingerprint density at radius 2 is 1.75 bits per heavy atom. The summed E-state index contributed by atoms with van der Waals surface area (Å²) in [6, 6.07) is 0. The molecule has 0 aromatic carbocycles. The van der Waals surface area contributed by atoms with Crippen LogP contribution in [0.5, 0.6) is 0 Å². The van der Waals surface area contributed by atoms with Gasteiger partial charge in [0.15, 0.2) is 11.8 Å². The minimum absolute atomic E-state index is 0.0936. The van der Waals surface area contributed by atoms with Gasteiger partial charge in [-0.25, -0.2) is 14.8 Å². The number of thioether (sulfide) groups is 1. The maximum Gasteiger partial charge on any atom is 0.413 e. The van der Waals surface area contributed by atoms with Gasteiger partial charge >= 0.3 is 12.1 Å². The highest BCUT2D eigenvalue weighted by Crippen LogP contribution is 2.17. The molecule has 0 spiro atoms. The van der Waals surface area contributed by atoms with Crippen molar-refractivity contribution in [1.29, 1.82) is 0 Å². The molecule has 2 amide bonds. The topological polar surface area (TPSA) is 107 Å². The lowest BCUT2D eigenvalue weighted by Gasteiger charge is -2.10. The number of aryl methyl sites for hydroxylation is 2. The van der Waals surface area contributed by atoms with Crippen molar-refractivity contribution < 1.29 is 23.9 Å². The standard InChI is InChI=1S/C15H21N3O5S/c1-5-22-15(21)18-12(19)8-23-13(20)7-6-11-9(2)16-14(24-4)17-10(11)3/h5-8H2,1-4H3,(H,18,19,21). The number of rotatable bonds is 7. The lowest BCUT2D eigenvalue weighted by Crippen LogP contribution is -2.34.